The third kappa shape index (κ3) is 5.05. The Balaban J connectivity index is 1.47. The molecule has 0 unspecified atom stereocenters. The van der Waals surface area contributed by atoms with E-state index in [9.17, 15) is 31.6 Å². The zero-order chi connectivity index (χ0) is 29.6. The largest absolute Gasteiger partial charge is 0.478 e. The second-order valence-electron chi connectivity index (χ2n) is 8.98. The molecular formula is C25H19F3N6O6S. The number of carbonyl (C=O) groups excluding carboxylic acids is 2. The number of carboxylic acids is 1. The van der Waals surface area contributed by atoms with Crippen molar-refractivity contribution in [1.29, 1.82) is 0 Å². The normalized spacial score (nSPS) is 13.5. The van der Waals surface area contributed by atoms with E-state index in [-0.39, 0.29) is 42.1 Å². The summed E-state index contributed by atoms with van der Waals surface area (Å²) in [5.74, 6) is -7.05. The van der Waals surface area contributed by atoms with Gasteiger partial charge < -0.3 is 20.7 Å². The second kappa shape index (κ2) is 10.2. The third-order valence-electron chi connectivity index (χ3n) is 6.44. The zero-order valence-electron chi connectivity index (χ0n) is 20.7. The van der Waals surface area contributed by atoms with Gasteiger partial charge in [0.25, 0.3) is 5.91 Å². The lowest BCUT2D eigenvalue weighted by Crippen LogP contribution is -2.36. The highest BCUT2D eigenvalue weighted by molar-refractivity contribution is 7.89. The summed E-state index contributed by atoms with van der Waals surface area (Å²) in [6.07, 6.45) is 2.46. The third-order valence-corrected chi connectivity index (χ3v) is 8.26. The Hall–Kier alpha value is -4.96. The topological polar surface area (TPSA) is 180 Å². The Morgan fingerprint density at radius 3 is 2.41 bits per heavy atom. The fourth-order valence-electron chi connectivity index (χ4n) is 4.44. The monoisotopic (exact) mass is 588 g/mol. The lowest BCUT2D eigenvalue weighted by Gasteiger charge is -2.26. The van der Waals surface area contributed by atoms with Crippen molar-refractivity contribution in [3.05, 3.63) is 94.2 Å². The average Bonchev–Trinajstić information content (AvgIpc) is 3.55. The molecule has 12 nitrogen and oxygen atoms in total. The number of benzene rings is 2. The number of aromatic nitrogens is 3. The second-order valence-corrected chi connectivity index (χ2v) is 10.9. The van der Waals surface area contributed by atoms with Gasteiger partial charge in [0.1, 0.15) is 11.6 Å². The number of nitrogens with zero attached hydrogens (tertiary/aromatic N) is 3. The van der Waals surface area contributed by atoms with Gasteiger partial charge in [-0.3, -0.25) is 14.7 Å². The average molecular weight is 589 g/mol. The summed E-state index contributed by atoms with van der Waals surface area (Å²) >= 11 is 0. The van der Waals surface area contributed by atoms with Gasteiger partial charge in [-0.15, -0.1) is 0 Å². The van der Waals surface area contributed by atoms with Crippen molar-refractivity contribution in [2.45, 2.75) is 17.9 Å². The maximum Gasteiger partial charge on any atom is 0.337 e. The molecule has 0 atom stereocenters. The molecular weight excluding hydrogens is 569 g/mol. The number of hydrogen-bond donors (Lipinski definition) is 4. The number of carboxylic acid groups (broad SMARTS) is 1. The van der Waals surface area contributed by atoms with Gasteiger partial charge in [0.15, 0.2) is 11.6 Å². The fraction of sp³-hybridized carbons (Fsp3) is 0.120. The number of halogens is 3. The molecule has 0 bridgehead atoms. The Morgan fingerprint density at radius 1 is 1.07 bits per heavy atom. The Labute approximate surface area is 229 Å². The van der Waals surface area contributed by atoms with Gasteiger partial charge in [-0.25, -0.2) is 26.4 Å². The van der Waals surface area contributed by atoms with Crippen molar-refractivity contribution in [1.82, 2.24) is 19.1 Å². The van der Waals surface area contributed by atoms with E-state index in [2.05, 4.69) is 15.5 Å². The van der Waals surface area contributed by atoms with Crippen LogP contribution in [-0.2, 0) is 23.0 Å². The smallest absolute Gasteiger partial charge is 0.337 e. The molecule has 5 N–H and O–H groups in total. The Bertz CT molecular complexity index is 1830. The standard InChI is InChI=1S/C25H19F3N6O6S/c26-13-7-14(27)9-15(8-13)41(39,40)34-6-4-18-17(11-34)23(32-31-18)30-24(36)20-16(22(29)35)1-2-19(21(20)28)33-5-3-12(10-33)25(37)38/h1-3,5,7-10H,4,6,11H2,(H2,29,35)(H,37,38)(H2,30,31,32,36). The highest BCUT2D eigenvalue weighted by Crippen LogP contribution is 2.30. The maximum absolute atomic E-state index is 15.7. The number of aromatic carboxylic acids is 1. The molecule has 1 aliphatic rings. The molecule has 3 heterocycles. The first-order valence-corrected chi connectivity index (χ1v) is 13.2. The van der Waals surface area contributed by atoms with E-state index in [4.69, 9.17) is 10.8 Å². The minimum absolute atomic E-state index is 0.0687. The van der Waals surface area contributed by atoms with Crippen molar-refractivity contribution in [3.63, 3.8) is 0 Å². The van der Waals surface area contributed by atoms with Crippen molar-refractivity contribution in [2.24, 2.45) is 5.73 Å². The van der Waals surface area contributed by atoms with E-state index in [1.54, 1.807) is 0 Å². The first-order valence-electron chi connectivity index (χ1n) is 11.7. The molecule has 0 saturated carbocycles. The van der Waals surface area contributed by atoms with E-state index in [1.165, 1.54) is 12.3 Å². The number of fused-ring (bicyclic) bond motifs is 1. The highest BCUT2D eigenvalue weighted by Gasteiger charge is 2.33. The maximum atomic E-state index is 15.7. The number of primary amides is 1. The van der Waals surface area contributed by atoms with Gasteiger partial charge in [-0.1, -0.05) is 0 Å². The van der Waals surface area contributed by atoms with Crippen molar-refractivity contribution in [3.8, 4) is 5.69 Å². The molecule has 0 saturated heterocycles. The summed E-state index contributed by atoms with van der Waals surface area (Å²) in [6.45, 7) is -0.421. The van der Waals surface area contributed by atoms with E-state index >= 15 is 4.39 Å². The summed E-state index contributed by atoms with van der Waals surface area (Å²) < 4.78 is 71.3. The van der Waals surface area contributed by atoms with Crippen LogP contribution in [0.5, 0.6) is 0 Å². The lowest BCUT2D eigenvalue weighted by atomic mass is 10.0. The zero-order valence-corrected chi connectivity index (χ0v) is 21.5. The molecule has 5 rings (SSSR count). The molecule has 0 spiro atoms. The number of nitrogens with one attached hydrogen (secondary N) is 2. The molecule has 0 aliphatic carbocycles. The summed E-state index contributed by atoms with van der Waals surface area (Å²) in [4.78, 5) is 35.9. The van der Waals surface area contributed by atoms with E-state index in [0.717, 1.165) is 27.2 Å². The summed E-state index contributed by atoms with van der Waals surface area (Å²) in [5, 5.41) is 18.2. The van der Waals surface area contributed by atoms with Crippen LogP contribution in [0.2, 0.25) is 0 Å². The summed E-state index contributed by atoms with van der Waals surface area (Å²) in [6, 6.07) is 5.34. The van der Waals surface area contributed by atoms with Crippen LogP contribution in [0.3, 0.4) is 0 Å². The van der Waals surface area contributed by atoms with E-state index in [1.807, 2.05) is 0 Å². The van der Waals surface area contributed by atoms with Crippen molar-refractivity contribution < 1.29 is 41.1 Å². The van der Waals surface area contributed by atoms with Gasteiger partial charge in [0.2, 0.25) is 15.9 Å². The van der Waals surface area contributed by atoms with E-state index in [0.29, 0.717) is 23.9 Å². The van der Waals surface area contributed by atoms with Gasteiger partial charge in [-0.2, -0.15) is 9.40 Å². The number of nitrogens with two attached hydrogens (primary N) is 1. The minimum atomic E-state index is -4.36. The SMILES string of the molecule is NC(=O)c1ccc(-n2ccc(C(=O)O)c2)c(F)c1C(=O)Nc1n[nH]c2c1CN(S(=O)(=O)c1cc(F)cc(F)c1)CC2. The van der Waals surface area contributed by atoms with Crippen molar-refractivity contribution in [2.75, 3.05) is 11.9 Å². The number of sulfonamides is 1. The quantitative estimate of drug-likeness (QED) is 0.256. The van der Waals surface area contributed by atoms with Crippen LogP contribution in [0.4, 0.5) is 19.0 Å². The molecule has 0 radical (unpaired) electrons. The predicted molar refractivity (Wildman–Crippen MR) is 135 cm³/mol. The first-order chi connectivity index (χ1) is 19.4. The Kier molecular flexibility index (Phi) is 6.88. The van der Waals surface area contributed by atoms with Crippen LogP contribution in [0.25, 0.3) is 5.69 Å². The highest BCUT2D eigenvalue weighted by atomic mass is 32.2. The molecule has 212 valence electrons. The van der Waals surface area contributed by atoms with Gasteiger partial charge in [-0.05, 0) is 30.3 Å². The molecule has 16 heteroatoms. The van der Waals surface area contributed by atoms with Crippen LogP contribution in [0.1, 0.15) is 42.3 Å². The number of amides is 2. The molecule has 4 aromatic rings. The first kappa shape index (κ1) is 27.6. The Morgan fingerprint density at radius 2 is 1.78 bits per heavy atom. The molecule has 1 aliphatic heterocycles. The summed E-state index contributed by atoms with van der Waals surface area (Å²) in [7, 11) is -4.36. The van der Waals surface area contributed by atoms with Crippen molar-refractivity contribution >= 4 is 33.6 Å². The fourth-order valence-corrected chi connectivity index (χ4v) is 5.89. The lowest BCUT2D eigenvalue weighted by molar-refractivity contribution is 0.0696. The number of anilines is 1. The minimum Gasteiger partial charge on any atom is -0.478 e. The molecule has 41 heavy (non-hydrogen) atoms. The van der Waals surface area contributed by atoms with Gasteiger partial charge in [0, 0.05) is 49.2 Å². The van der Waals surface area contributed by atoms with Gasteiger partial charge in [0.05, 0.1) is 27.3 Å². The summed E-state index contributed by atoms with van der Waals surface area (Å²) in [5.41, 5.74) is 4.38. The van der Waals surface area contributed by atoms with Crippen LogP contribution in [0, 0.1) is 17.5 Å². The number of aromatic amines is 1. The molecule has 0 fully saturated rings. The van der Waals surface area contributed by atoms with Crippen LogP contribution in [-0.4, -0.2) is 56.9 Å². The van der Waals surface area contributed by atoms with Gasteiger partial charge >= 0.3 is 5.97 Å². The predicted octanol–water partition coefficient (Wildman–Crippen LogP) is 2.41. The number of rotatable bonds is 7. The van der Waals surface area contributed by atoms with Crippen LogP contribution >= 0.6 is 0 Å². The van der Waals surface area contributed by atoms with Crippen LogP contribution < -0.4 is 11.1 Å². The number of hydrogen-bond acceptors (Lipinski definition) is 6. The van der Waals surface area contributed by atoms with Crippen LogP contribution in [0.15, 0.2) is 53.7 Å². The number of carbonyl (C=O) groups is 3. The molecule has 2 amide bonds. The molecule has 2 aromatic heterocycles. The van der Waals surface area contributed by atoms with E-state index < -0.39 is 61.3 Å². The number of H-pyrrole nitrogens is 1. The molecule has 2 aromatic carbocycles.